The van der Waals surface area contributed by atoms with E-state index < -0.39 is 0 Å². The van der Waals surface area contributed by atoms with Gasteiger partial charge in [0.25, 0.3) is 0 Å². The summed E-state index contributed by atoms with van der Waals surface area (Å²) >= 11 is 0. The molecule has 5 heteroatoms. The van der Waals surface area contributed by atoms with E-state index in [0.29, 0.717) is 6.61 Å². The maximum absolute atomic E-state index is 5.31. The Morgan fingerprint density at radius 3 is 2.45 bits per heavy atom. The Bertz CT molecular complexity index is 421. The first-order valence-electron chi connectivity index (χ1n) is 7.63. The summed E-state index contributed by atoms with van der Waals surface area (Å²) in [6.45, 7) is 9.62. The van der Waals surface area contributed by atoms with Crippen molar-refractivity contribution in [1.82, 2.24) is 10.6 Å². The molecule has 0 radical (unpaired) electrons. The number of benzene rings is 1. The molecule has 0 atom stereocenters. The minimum Gasteiger partial charge on any atom is -0.380 e. The summed E-state index contributed by atoms with van der Waals surface area (Å²) < 4.78 is 5.31. The predicted molar refractivity (Wildman–Crippen MR) is 105 cm³/mol. The van der Waals surface area contributed by atoms with Crippen molar-refractivity contribution in [3.63, 3.8) is 0 Å². The largest absolute Gasteiger partial charge is 0.380 e. The molecule has 126 valence electrons. The maximum atomic E-state index is 5.31. The fraction of sp³-hybridized carbons (Fsp3) is 0.588. The molecule has 4 nitrogen and oxygen atoms in total. The second kappa shape index (κ2) is 11.7. The summed E-state index contributed by atoms with van der Waals surface area (Å²) in [5.41, 5.74) is 1.53. The summed E-state index contributed by atoms with van der Waals surface area (Å²) in [7, 11) is 1.79. The fourth-order valence-corrected chi connectivity index (χ4v) is 2.14. The number of guanidine groups is 1. The number of aliphatic imine (C=N–C) groups is 1. The van der Waals surface area contributed by atoms with Crippen molar-refractivity contribution in [2.45, 2.75) is 27.2 Å². The number of ether oxygens (including phenoxy) is 1. The van der Waals surface area contributed by atoms with Crippen LogP contribution < -0.4 is 10.6 Å². The number of hydrogen-bond acceptors (Lipinski definition) is 2. The molecular formula is C17H30IN3O. The molecule has 0 bridgehead atoms. The Morgan fingerprint density at radius 2 is 1.86 bits per heavy atom. The normalized spacial score (nSPS) is 11.7. The van der Waals surface area contributed by atoms with Crippen molar-refractivity contribution >= 4 is 29.9 Å². The standard InChI is InChI=1S/C17H29N3O.HI/c1-5-21-12-11-19-16(18-4)20-14-17(2,3)13-15-9-7-6-8-10-15;/h6-10H,5,11-14H2,1-4H3,(H2,18,19,20);1H. The van der Waals surface area contributed by atoms with Crippen LogP contribution in [0.25, 0.3) is 0 Å². The SMILES string of the molecule is CCOCCNC(=NC)NCC(C)(C)Cc1ccccc1.I. The predicted octanol–water partition coefficient (Wildman–Crippen LogP) is 3.07. The van der Waals surface area contributed by atoms with Crippen LogP contribution in [0.2, 0.25) is 0 Å². The first-order chi connectivity index (χ1) is 10.1. The number of nitrogens with zero attached hydrogens (tertiary/aromatic N) is 1. The second-order valence-electron chi connectivity index (χ2n) is 5.88. The first kappa shape index (κ1) is 21.2. The van der Waals surface area contributed by atoms with Crippen molar-refractivity contribution in [2.24, 2.45) is 10.4 Å². The summed E-state index contributed by atoms with van der Waals surface area (Å²) in [6.07, 6.45) is 1.04. The average molecular weight is 419 g/mol. The smallest absolute Gasteiger partial charge is 0.191 e. The van der Waals surface area contributed by atoms with Gasteiger partial charge in [0, 0.05) is 26.7 Å². The van der Waals surface area contributed by atoms with E-state index in [-0.39, 0.29) is 29.4 Å². The van der Waals surface area contributed by atoms with E-state index in [0.717, 1.165) is 32.1 Å². The molecule has 0 aliphatic heterocycles. The van der Waals surface area contributed by atoms with Gasteiger partial charge in [0.15, 0.2) is 5.96 Å². The quantitative estimate of drug-likeness (QED) is 0.295. The maximum Gasteiger partial charge on any atom is 0.191 e. The molecule has 0 fully saturated rings. The third-order valence-corrected chi connectivity index (χ3v) is 3.23. The van der Waals surface area contributed by atoms with Crippen LogP contribution in [0.3, 0.4) is 0 Å². The Morgan fingerprint density at radius 1 is 1.18 bits per heavy atom. The van der Waals surface area contributed by atoms with Gasteiger partial charge in [-0.1, -0.05) is 44.2 Å². The van der Waals surface area contributed by atoms with Crippen LogP contribution in [0.5, 0.6) is 0 Å². The third kappa shape index (κ3) is 9.25. The lowest BCUT2D eigenvalue weighted by molar-refractivity contribution is 0.152. The van der Waals surface area contributed by atoms with Gasteiger partial charge in [-0.3, -0.25) is 4.99 Å². The van der Waals surface area contributed by atoms with Crippen LogP contribution in [0, 0.1) is 5.41 Å². The number of hydrogen-bond donors (Lipinski definition) is 2. The lowest BCUT2D eigenvalue weighted by atomic mass is 9.86. The number of halogens is 1. The zero-order chi connectivity index (χ0) is 15.6. The molecule has 0 aliphatic carbocycles. The molecule has 0 saturated heterocycles. The van der Waals surface area contributed by atoms with Gasteiger partial charge in [-0.15, -0.1) is 24.0 Å². The molecular weight excluding hydrogens is 389 g/mol. The van der Waals surface area contributed by atoms with Crippen LogP contribution in [-0.2, 0) is 11.2 Å². The van der Waals surface area contributed by atoms with Gasteiger partial charge in [-0.2, -0.15) is 0 Å². The molecule has 1 aromatic carbocycles. The topological polar surface area (TPSA) is 45.6 Å². The van der Waals surface area contributed by atoms with Gasteiger partial charge < -0.3 is 15.4 Å². The number of nitrogens with one attached hydrogen (secondary N) is 2. The Labute approximate surface area is 152 Å². The Hall–Kier alpha value is -0.820. The van der Waals surface area contributed by atoms with Crippen LogP contribution >= 0.6 is 24.0 Å². The summed E-state index contributed by atoms with van der Waals surface area (Å²) in [5, 5.41) is 6.64. The molecule has 0 spiro atoms. The van der Waals surface area contributed by atoms with E-state index in [4.69, 9.17) is 4.74 Å². The molecule has 0 saturated carbocycles. The first-order valence-corrected chi connectivity index (χ1v) is 7.63. The number of rotatable bonds is 8. The van der Waals surface area contributed by atoms with Crippen molar-refractivity contribution in [3.05, 3.63) is 35.9 Å². The van der Waals surface area contributed by atoms with Gasteiger partial charge in [-0.05, 0) is 24.3 Å². The van der Waals surface area contributed by atoms with Crippen LogP contribution in [0.4, 0.5) is 0 Å². The van der Waals surface area contributed by atoms with E-state index >= 15 is 0 Å². The highest BCUT2D eigenvalue weighted by Crippen LogP contribution is 2.20. The van der Waals surface area contributed by atoms with Crippen molar-refractivity contribution < 1.29 is 4.74 Å². The molecule has 2 N–H and O–H groups in total. The van der Waals surface area contributed by atoms with Crippen LogP contribution in [0.1, 0.15) is 26.3 Å². The molecule has 0 aromatic heterocycles. The van der Waals surface area contributed by atoms with E-state index in [9.17, 15) is 0 Å². The lowest BCUT2D eigenvalue weighted by Gasteiger charge is -2.26. The highest BCUT2D eigenvalue weighted by Gasteiger charge is 2.18. The minimum absolute atomic E-state index is 0. The van der Waals surface area contributed by atoms with Gasteiger partial charge in [0.05, 0.1) is 6.61 Å². The second-order valence-corrected chi connectivity index (χ2v) is 5.88. The summed E-state index contributed by atoms with van der Waals surface area (Å²) in [4.78, 5) is 4.23. The van der Waals surface area contributed by atoms with Gasteiger partial charge >= 0.3 is 0 Å². The molecule has 0 heterocycles. The van der Waals surface area contributed by atoms with Crippen LogP contribution in [-0.4, -0.2) is 39.3 Å². The molecule has 1 rings (SSSR count). The fourth-order valence-electron chi connectivity index (χ4n) is 2.14. The lowest BCUT2D eigenvalue weighted by Crippen LogP contribution is -2.43. The van der Waals surface area contributed by atoms with Gasteiger partial charge in [0.2, 0.25) is 0 Å². The highest BCUT2D eigenvalue weighted by atomic mass is 127. The Kier molecular flexibility index (Phi) is 11.3. The summed E-state index contributed by atoms with van der Waals surface area (Å²) in [6, 6.07) is 10.6. The van der Waals surface area contributed by atoms with E-state index in [1.807, 2.05) is 6.92 Å². The zero-order valence-electron chi connectivity index (χ0n) is 14.2. The third-order valence-electron chi connectivity index (χ3n) is 3.23. The Balaban J connectivity index is 0.00000441. The average Bonchev–Trinajstić information content (AvgIpc) is 2.47. The van der Waals surface area contributed by atoms with E-state index in [1.54, 1.807) is 7.05 Å². The van der Waals surface area contributed by atoms with Crippen molar-refractivity contribution in [2.75, 3.05) is 33.4 Å². The summed E-state index contributed by atoms with van der Waals surface area (Å²) in [5.74, 6) is 0.829. The van der Waals surface area contributed by atoms with E-state index in [2.05, 4.69) is 59.8 Å². The highest BCUT2D eigenvalue weighted by molar-refractivity contribution is 14.0. The monoisotopic (exact) mass is 419 g/mol. The zero-order valence-corrected chi connectivity index (χ0v) is 16.5. The van der Waals surface area contributed by atoms with Crippen molar-refractivity contribution in [3.8, 4) is 0 Å². The van der Waals surface area contributed by atoms with E-state index in [1.165, 1.54) is 5.56 Å². The van der Waals surface area contributed by atoms with Gasteiger partial charge in [0.1, 0.15) is 0 Å². The van der Waals surface area contributed by atoms with Crippen LogP contribution in [0.15, 0.2) is 35.3 Å². The van der Waals surface area contributed by atoms with Crippen molar-refractivity contribution in [1.29, 1.82) is 0 Å². The minimum atomic E-state index is 0. The molecule has 0 amide bonds. The molecule has 0 unspecified atom stereocenters. The molecule has 1 aromatic rings. The molecule has 22 heavy (non-hydrogen) atoms. The van der Waals surface area contributed by atoms with Gasteiger partial charge in [-0.25, -0.2) is 0 Å². The molecule has 0 aliphatic rings.